The van der Waals surface area contributed by atoms with Gasteiger partial charge in [-0.2, -0.15) is 0 Å². The van der Waals surface area contributed by atoms with Crippen LogP contribution in [0.15, 0.2) is 67.1 Å². The number of para-hydroxylation sites is 2. The molecule has 0 fully saturated rings. The summed E-state index contributed by atoms with van der Waals surface area (Å²) in [7, 11) is 0. The first-order valence-electron chi connectivity index (χ1n) is 7.45. The van der Waals surface area contributed by atoms with Crippen molar-refractivity contribution in [2.75, 3.05) is 9.80 Å². The lowest BCUT2D eigenvalue weighted by molar-refractivity contribution is 0.726. The summed E-state index contributed by atoms with van der Waals surface area (Å²) < 4.78 is 0. The second-order valence-corrected chi connectivity index (χ2v) is 5.62. The Labute approximate surface area is 128 Å². The van der Waals surface area contributed by atoms with Crippen molar-refractivity contribution in [3.8, 4) is 0 Å². The molecule has 1 atom stereocenters. The Morgan fingerprint density at radius 3 is 2.59 bits per heavy atom. The molecular formula is C18H14N4. The molecule has 2 aliphatic rings. The van der Waals surface area contributed by atoms with Gasteiger partial charge in [-0.05, 0) is 23.8 Å². The van der Waals surface area contributed by atoms with Crippen LogP contribution in [0.4, 0.5) is 22.9 Å². The van der Waals surface area contributed by atoms with Crippen LogP contribution in [0.25, 0.3) is 0 Å². The zero-order chi connectivity index (χ0) is 14.5. The smallest absolute Gasteiger partial charge is 0.162 e. The summed E-state index contributed by atoms with van der Waals surface area (Å²) in [4.78, 5) is 13.5. The largest absolute Gasteiger partial charge is 0.315 e. The van der Waals surface area contributed by atoms with Crippen molar-refractivity contribution in [2.45, 2.75) is 12.6 Å². The Balaban J connectivity index is 1.73. The Kier molecular flexibility index (Phi) is 2.30. The van der Waals surface area contributed by atoms with Crippen molar-refractivity contribution < 1.29 is 0 Å². The molecule has 106 valence electrons. The van der Waals surface area contributed by atoms with Crippen LogP contribution < -0.4 is 9.80 Å². The molecular weight excluding hydrogens is 272 g/mol. The lowest BCUT2D eigenvalue weighted by Gasteiger charge is -2.27. The van der Waals surface area contributed by atoms with Crippen LogP contribution in [0.1, 0.15) is 5.56 Å². The first kappa shape index (κ1) is 11.7. The second-order valence-electron chi connectivity index (χ2n) is 5.62. The molecule has 3 aromatic rings. The number of anilines is 4. The van der Waals surface area contributed by atoms with Gasteiger partial charge in [-0.3, -0.25) is 0 Å². The third-order valence-corrected chi connectivity index (χ3v) is 4.44. The summed E-state index contributed by atoms with van der Waals surface area (Å²) in [5.74, 6) is 0.994. The molecule has 4 heteroatoms. The van der Waals surface area contributed by atoms with Crippen LogP contribution in [0.2, 0.25) is 0 Å². The number of nitrogens with zero attached hydrogens (tertiary/aromatic N) is 4. The van der Waals surface area contributed by atoms with Gasteiger partial charge >= 0.3 is 0 Å². The summed E-state index contributed by atoms with van der Waals surface area (Å²) in [6, 6.07) is 19.1. The van der Waals surface area contributed by atoms with Crippen LogP contribution in [0.5, 0.6) is 0 Å². The highest BCUT2D eigenvalue weighted by molar-refractivity contribution is 5.88. The van der Waals surface area contributed by atoms with Crippen molar-refractivity contribution in [1.82, 2.24) is 9.97 Å². The highest BCUT2D eigenvalue weighted by atomic mass is 15.5. The van der Waals surface area contributed by atoms with Gasteiger partial charge in [0.25, 0.3) is 0 Å². The molecule has 5 rings (SSSR count). The van der Waals surface area contributed by atoms with Crippen molar-refractivity contribution >= 4 is 22.9 Å². The van der Waals surface area contributed by atoms with E-state index < -0.39 is 0 Å². The minimum Gasteiger partial charge on any atom is -0.315 e. The minimum absolute atomic E-state index is 0.242. The van der Waals surface area contributed by atoms with Gasteiger partial charge in [0, 0.05) is 17.8 Å². The maximum absolute atomic E-state index is 4.55. The van der Waals surface area contributed by atoms with Crippen LogP contribution >= 0.6 is 0 Å². The number of benzene rings is 2. The van der Waals surface area contributed by atoms with E-state index in [1.165, 1.54) is 16.9 Å². The molecule has 3 heterocycles. The molecule has 0 saturated heterocycles. The fourth-order valence-electron chi connectivity index (χ4n) is 3.56. The molecule has 0 radical (unpaired) electrons. The Morgan fingerprint density at radius 2 is 1.68 bits per heavy atom. The summed E-state index contributed by atoms with van der Waals surface area (Å²) >= 11 is 0. The van der Waals surface area contributed by atoms with Crippen LogP contribution in [0.3, 0.4) is 0 Å². The van der Waals surface area contributed by atoms with E-state index in [1.54, 1.807) is 6.33 Å². The number of fused-ring (bicyclic) bond motifs is 5. The van der Waals surface area contributed by atoms with Crippen molar-refractivity contribution in [1.29, 1.82) is 0 Å². The quantitative estimate of drug-likeness (QED) is 0.683. The van der Waals surface area contributed by atoms with Gasteiger partial charge in [0.2, 0.25) is 0 Å². The molecule has 0 bridgehead atoms. The number of aromatic nitrogens is 2. The lowest BCUT2D eigenvalue weighted by Crippen LogP contribution is -2.35. The molecule has 2 aliphatic heterocycles. The third kappa shape index (κ3) is 1.46. The highest BCUT2D eigenvalue weighted by Gasteiger charge is 2.43. The van der Waals surface area contributed by atoms with E-state index in [-0.39, 0.29) is 6.17 Å². The molecule has 4 nitrogen and oxygen atoms in total. The zero-order valence-corrected chi connectivity index (χ0v) is 11.9. The Morgan fingerprint density at radius 1 is 0.864 bits per heavy atom. The molecule has 0 amide bonds. The lowest BCUT2D eigenvalue weighted by atomic mass is 10.1. The monoisotopic (exact) mass is 286 g/mol. The minimum atomic E-state index is 0.242. The van der Waals surface area contributed by atoms with Crippen LogP contribution in [-0.2, 0) is 6.42 Å². The molecule has 0 aliphatic carbocycles. The van der Waals surface area contributed by atoms with Gasteiger partial charge in [0.1, 0.15) is 18.2 Å². The summed E-state index contributed by atoms with van der Waals surface area (Å²) in [5, 5.41) is 0. The van der Waals surface area contributed by atoms with Gasteiger partial charge in [-0.25, -0.2) is 9.97 Å². The maximum atomic E-state index is 4.55. The highest BCUT2D eigenvalue weighted by Crippen LogP contribution is 2.50. The van der Waals surface area contributed by atoms with Crippen molar-refractivity contribution in [2.24, 2.45) is 0 Å². The predicted molar refractivity (Wildman–Crippen MR) is 86.7 cm³/mol. The first-order chi connectivity index (χ1) is 10.9. The van der Waals surface area contributed by atoms with Gasteiger partial charge in [0.05, 0.1) is 6.20 Å². The second kappa shape index (κ2) is 4.31. The van der Waals surface area contributed by atoms with Crippen LogP contribution in [0, 0.1) is 0 Å². The van der Waals surface area contributed by atoms with E-state index in [2.05, 4.69) is 68.3 Å². The standard InChI is InChI=1S/C18H14N4/c1-2-7-14(8-3-1)21-16-11-19-12-20-18(16)22-15-9-5-4-6-13(15)10-17(21)22/h1-9,11-12,17H,10H2. The molecule has 0 saturated carbocycles. The average Bonchev–Trinajstić information content (AvgIpc) is 3.10. The molecule has 2 aromatic carbocycles. The van der Waals surface area contributed by atoms with E-state index in [1.807, 2.05) is 12.3 Å². The predicted octanol–water partition coefficient (Wildman–Crippen LogP) is 3.65. The van der Waals surface area contributed by atoms with E-state index in [9.17, 15) is 0 Å². The fraction of sp³-hybridized carbons (Fsp3) is 0.111. The first-order valence-corrected chi connectivity index (χ1v) is 7.45. The molecule has 0 N–H and O–H groups in total. The summed E-state index contributed by atoms with van der Waals surface area (Å²) in [6.07, 6.45) is 4.77. The number of rotatable bonds is 1. The summed E-state index contributed by atoms with van der Waals surface area (Å²) in [5.41, 5.74) is 4.88. The molecule has 0 spiro atoms. The maximum Gasteiger partial charge on any atom is 0.162 e. The molecule has 1 unspecified atom stereocenters. The van der Waals surface area contributed by atoms with E-state index in [4.69, 9.17) is 0 Å². The van der Waals surface area contributed by atoms with E-state index in [0.717, 1.165) is 17.9 Å². The van der Waals surface area contributed by atoms with Gasteiger partial charge in [-0.1, -0.05) is 36.4 Å². The number of hydrogen-bond acceptors (Lipinski definition) is 4. The van der Waals surface area contributed by atoms with Crippen molar-refractivity contribution in [3.63, 3.8) is 0 Å². The van der Waals surface area contributed by atoms with Gasteiger partial charge in [-0.15, -0.1) is 0 Å². The Bertz CT molecular complexity index is 831. The molecule has 22 heavy (non-hydrogen) atoms. The summed E-state index contributed by atoms with van der Waals surface area (Å²) in [6.45, 7) is 0. The van der Waals surface area contributed by atoms with E-state index >= 15 is 0 Å². The molecule has 1 aromatic heterocycles. The van der Waals surface area contributed by atoms with Gasteiger partial charge < -0.3 is 9.80 Å². The van der Waals surface area contributed by atoms with Crippen LogP contribution in [-0.4, -0.2) is 16.1 Å². The third-order valence-electron chi connectivity index (χ3n) is 4.44. The number of hydrogen-bond donors (Lipinski definition) is 0. The van der Waals surface area contributed by atoms with E-state index in [0.29, 0.717) is 0 Å². The topological polar surface area (TPSA) is 32.3 Å². The SMILES string of the molecule is c1ccc(N2c3cncnc3N3c4ccccc4CC23)cc1. The van der Waals surface area contributed by atoms with Crippen molar-refractivity contribution in [3.05, 3.63) is 72.7 Å². The Hall–Kier alpha value is -2.88. The van der Waals surface area contributed by atoms with Gasteiger partial charge in [0.15, 0.2) is 5.82 Å². The zero-order valence-electron chi connectivity index (χ0n) is 11.9. The average molecular weight is 286 g/mol. The normalized spacial score (nSPS) is 18.1. The fourth-order valence-corrected chi connectivity index (χ4v) is 3.56.